The Balaban J connectivity index is 1.76. The number of methoxy groups -OCH3 is 2. The summed E-state index contributed by atoms with van der Waals surface area (Å²) in [4.78, 5) is 40.6. The molecule has 0 aromatic heterocycles. The van der Waals surface area contributed by atoms with Gasteiger partial charge in [-0.15, -0.1) is 0 Å². The van der Waals surface area contributed by atoms with Crippen molar-refractivity contribution >= 4 is 17.9 Å². The monoisotopic (exact) mass is 463 g/mol. The summed E-state index contributed by atoms with van der Waals surface area (Å²) in [5, 5.41) is 2.61. The third-order valence-electron chi connectivity index (χ3n) is 5.28. The van der Waals surface area contributed by atoms with Gasteiger partial charge in [0.1, 0.15) is 5.60 Å². The van der Waals surface area contributed by atoms with Crippen molar-refractivity contribution in [1.29, 1.82) is 0 Å². The van der Waals surface area contributed by atoms with E-state index in [1.807, 2.05) is 23.1 Å². The Morgan fingerprint density at radius 3 is 2.09 bits per heavy atom. The van der Waals surface area contributed by atoms with Crippen LogP contribution in [-0.4, -0.2) is 80.3 Å². The molecule has 0 aliphatic carbocycles. The fourth-order valence-electron chi connectivity index (χ4n) is 3.61. The number of alkyl carbamates (subject to hydrolysis) is 1. The van der Waals surface area contributed by atoms with Crippen molar-refractivity contribution in [2.75, 3.05) is 46.9 Å². The van der Waals surface area contributed by atoms with Gasteiger partial charge in [0.25, 0.3) is 0 Å². The first-order valence-electron chi connectivity index (χ1n) is 11.4. The van der Waals surface area contributed by atoms with Crippen molar-refractivity contribution in [2.24, 2.45) is 0 Å². The summed E-state index contributed by atoms with van der Waals surface area (Å²) in [6.07, 6.45) is 1.40. The number of hydrogen-bond donors (Lipinski definition) is 1. The summed E-state index contributed by atoms with van der Waals surface area (Å²) < 4.78 is 15.7. The highest BCUT2D eigenvalue weighted by molar-refractivity contribution is 5.78. The molecule has 184 valence electrons. The molecule has 2 rings (SSSR count). The first-order valence-corrected chi connectivity index (χ1v) is 11.4. The molecule has 0 bridgehead atoms. The minimum Gasteiger partial charge on any atom is -0.493 e. The number of aryl methyl sites for hydroxylation is 1. The van der Waals surface area contributed by atoms with Crippen molar-refractivity contribution < 1.29 is 28.6 Å². The van der Waals surface area contributed by atoms with Gasteiger partial charge in [-0.3, -0.25) is 9.59 Å². The second-order valence-electron chi connectivity index (χ2n) is 8.98. The van der Waals surface area contributed by atoms with E-state index < -0.39 is 11.7 Å². The molecular weight excluding hydrogens is 426 g/mol. The van der Waals surface area contributed by atoms with Gasteiger partial charge in [-0.25, -0.2) is 4.79 Å². The third-order valence-corrected chi connectivity index (χ3v) is 5.28. The predicted molar refractivity (Wildman–Crippen MR) is 124 cm³/mol. The van der Waals surface area contributed by atoms with E-state index in [0.29, 0.717) is 50.5 Å². The molecule has 0 unspecified atom stereocenters. The van der Waals surface area contributed by atoms with Crippen LogP contribution in [0.4, 0.5) is 4.79 Å². The lowest BCUT2D eigenvalue weighted by molar-refractivity contribution is -0.133. The van der Waals surface area contributed by atoms with Crippen LogP contribution < -0.4 is 14.8 Å². The van der Waals surface area contributed by atoms with Gasteiger partial charge in [0.05, 0.1) is 14.2 Å². The van der Waals surface area contributed by atoms with Crippen molar-refractivity contribution in [1.82, 2.24) is 15.1 Å². The zero-order chi connectivity index (χ0) is 24.4. The first-order chi connectivity index (χ1) is 15.6. The number of carbonyl (C=O) groups is 3. The molecule has 9 nitrogen and oxygen atoms in total. The van der Waals surface area contributed by atoms with Crippen LogP contribution in [0.1, 0.15) is 45.6 Å². The number of carbonyl (C=O) groups excluding carboxylic acids is 3. The Morgan fingerprint density at radius 2 is 1.52 bits per heavy atom. The van der Waals surface area contributed by atoms with Crippen molar-refractivity contribution in [3.63, 3.8) is 0 Å². The molecule has 3 amide bonds. The molecule has 1 heterocycles. The second-order valence-corrected chi connectivity index (χ2v) is 8.98. The zero-order valence-corrected chi connectivity index (χ0v) is 20.4. The fraction of sp³-hybridized carbons (Fsp3) is 0.625. The number of hydrogen-bond acceptors (Lipinski definition) is 6. The van der Waals surface area contributed by atoms with Crippen LogP contribution in [0, 0.1) is 0 Å². The highest BCUT2D eigenvalue weighted by Crippen LogP contribution is 2.28. The van der Waals surface area contributed by atoms with Crippen LogP contribution in [0.25, 0.3) is 0 Å². The van der Waals surface area contributed by atoms with Gasteiger partial charge in [0, 0.05) is 45.6 Å². The predicted octanol–water partition coefficient (Wildman–Crippen LogP) is 2.61. The van der Waals surface area contributed by atoms with E-state index >= 15 is 0 Å². The Kier molecular flexibility index (Phi) is 9.81. The molecule has 1 aromatic carbocycles. The summed E-state index contributed by atoms with van der Waals surface area (Å²) >= 11 is 0. The summed E-state index contributed by atoms with van der Waals surface area (Å²) in [5.41, 5.74) is 0.430. The van der Waals surface area contributed by atoms with E-state index in [9.17, 15) is 14.4 Å². The minimum absolute atomic E-state index is 0.0364. The topological polar surface area (TPSA) is 97.4 Å². The molecule has 1 aromatic rings. The molecule has 9 heteroatoms. The summed E-state index contributed by atoms with van der Waals surface area (Å²) in [7, 11) is 3.18. The van der Waals surface area contributed by atoms with E-state index in [1.165, 1.54) is 0 Å². The van der Waals surface area contributed by atoms with E-state index in [-0.39, 0.29) is 24.8 Å². The number of nitrogens with zero attached hydrogens (tertiary/aromatic N) is 2. The molecule has 0 saturated carbocycles. The quantitative estimate of drug-likeness (QED) is 0.637. The molecule has 0 spiro atoms. The number of nitrogens with one attached hydrogen (secondary N) is 1. The van der Waals surface area contributed by atoms with Crippen LogP contribution in [0.3, 0.4) is 0 Å². The molecule has 1 saturated heterocycles. The number of ether oxygens (including phenoxy) is 3. The molecule has 1 aliphatic rings. The summed E-state index contributed by atoms with van der Waals surface area (Å²) in [6.45, 7) is 7.82. The second kappa shape index (κ2) is 12.3. The Bertz CT molecular complexity index is 821. The van der Waals surface area contributed by atoms with Gasteiger partial charge in [0.15, 0.2) is 11.5 Å². The third kappa shape index (κ3) is 8.82. The Labute approximate surface area is 196 Å². The van der Waals surface area contributed by atoms with Gasteiger partial charge >= 0.3 is 6.09 Å². The lowest BCUT2D eigenvalue weighted by atomic mass is 10.1. The van der Waals surface area contributed by atoms with E-state index in [0.717, 1.165) is 12.0 Å². The molecule has 0 atom stereocenters. The average Bonchev–Trinajstić information content (AvgIpc) is 3.02. The maximum absolute atomic E-state index is 12.7. The highest BCUT2D eigenvalue weighted by atomic mass is 16.6. The molecule has 0 radical (unpaired) electrons. The fourth-order valence-corrected chi connectivity index (χ4v) is 3.61. The van der Waals surface area contributed by atoms with E-state index in [4.69, 9.17) is 14.2 Å². The van der Waals surface area contributed by atoms with E-state index in [1.54, 1.807) is 39.9 Å². The standard InChI is InChI=1S/C24H37N3O6/c1-24(2,3)33-23(30)25-12-11-22(29)27-14-6-13-26(15-16-27)21(28)10-8-18-7-9-19(31-4)20(17-18)32-5/h7,9,17H,6,8,10-16H2,1-5H3,(H,25,30). The first kappa shape index (κ1) is 26.3. The summed E-state index contributed by atoms with van der Waals surface area (Å²) in [6, 6.07) is 5.66. The maximum Gasteiger partial charge on any atom is 0.407 e. The smallest absolute Gasteiger partial charge is 0.407 e. The molecule has 33 heavy (non-hydrogen) atoms. The van der Waals surface area contributed by atoms with Crippen LogP contribution in [0.5, 0.6) is 11.5 Å². The highest BCUT2D eigenvalue weighted by Gasteiger charge is 2.22. The lowest BCUT2D eigenvalue weighted by Crippen LogP contribution is -2.39. The molecule has 1 fully saturated rings. The number of rotatable bonds is 8. The number of benzene rings is 1. The van der Waals surface area contributed by atoms with Crippen LogP contribution in [-0.2, 0) is 20.7 Å². The Hall–Kier alpha value is -2.97. The van der Waals surface area contributed by atoms with Crippen LogP contribution >= 0.6 is 0 Å². The Morgan fingerprint density at radius 1 is 0.909 bits per heavy atom. The van der Waals surface area contributed by atoms with Gasteiger partial charge < -0.3 is 29.3 Å². The van der Waals surface area contributed by atoms with Crippen molar-refractivity contribution in [2.45, 2.75) is 52.1 Å². The molecule has 1 aliphatic heterocycles. The molecular formula is C24H37N3O6. The van der Waals surface area contributed by atoms with Gasteiger partial charge in [0.2, 0.25) is 11.8 Å². The van der Waals surface area contributed by atoms with Crippen molar-refractivity contribution in [3.8, 4) is 11.5 Å². The summed E-state index contributed by atoms with van der Waals surface area (Å²) in [5.74, 6) is 1.34. The van der Waals surface area contributed by atoms with Crippen LogP contribution in [0.2, 0.25) is 0 Å². The van der Waals surface area contributed by atoms with Crippen molar-refractivity contribution in [3.05, 3.63) is 23.8 Å². The number of amides is 3. The molecule has 1 N–H and O–H groups in total. The van der Waals surface area contributed by atoms with E-state index in [2.05, 4.69) is 5.32 Å². The largest absolute Gasteiger partial charge is 0.493 e. The van der Waals surface area contributed by atoms with Crippen LogP contribution in [0.15, 0.2) is 18.2 Å². The lowest BCUT2D eigenvalue weighted by Gasteiger charge is -2.23. The maximum atomic E-state index is 12.7. The SMILES string of the molecule is COc1ccc(CCC(=O)N2CCCN(C(=O)CCNC(=O)OC(C)(C)C)CC2)cc1OC. The minimum atomic E-state index is -0.575. The van der Waals surface area contributed by atoms with Gasteiger partial charge in [-0.2, -0.15) is 0 Å². The zero-order valence-electron chi connectivity index (χ0n) is 20.4. The normalized spacial score (nSPS) is 14.3. The average molecular weight is 464 g/mol. The van der Waals surface area contributed by atoms with Gasteiger partial charge in [-0.1, -0.05) is 6.07 Å². The van der Waals surface area contributed by atoms with Gasteiger partial charge in [-0.05, 0) is 51.3 Å².